The minimum atomic E-state index is -1.11. The fourth-order valence-corrected chi connectivity index (χ4v) is 3.97. The van der Waals surface area contributed by atoms with Crippen LogP contribution in [0.1, 0.15) is 24.8 Å². The van der Waals surface area contributed by atoms with E-state index in [0.29, 0.717) is 27.8 Å². The van der Waals surface area contributed by atoms with Gasteiger partial charge >= 0.3 is 0 Å². The molecule has 5 rings (SSSR count). The zero-order chi connectivity index (χ0) is 21.9. The Bertz CT molecular complexity index is 1340. The largest absolute Gasteiger partial charge is 0.309 e. The first-order chi connectivity index (χ1) is 14.9. The quantitative estimate of drug-likeness (QED) is 0.472. The molecule has 1 aliphatic rings. The fourth-order valence-electron chi connectivity index (χ4n) is 3.67. The van der Waals surface area contributed by atoms with Crippen LogP contribution in [-0.2, 0) is 4.79 Å². The van der Waals surface area contributed by atoms with Crippen molar-refractivity contribution in [2.24, 2.45) is 5.92 Å². The molecule has 160 valence electrons. The summed E-state index contributed by atoms with van der Waals surface area (Å²) in [5, 5.41) is 9.60. The number of benzene rings is 1. The molecule has 3 atom stereocenters. The highest BCUT2D eigenvalue weighted by Gasteiger charge is 2.43. The van der Waals surface area contributed by atoms with E-state index in [2.05, 4.69) is 25.5 Å². The van der Waals surface area contributed by atoms with E-state index in [-0.39, 0.29) is 22.8 Å². The molecule has 0 aliphatic heterocycles. The summed E-state index contributed by atoms with van der Waals surface area (Å²) in [7, 11) is 0. The summed E-state index contributed by atoms with van der Waals surface area (Å²) < 4.78 is 43.0. The molecule has 1 fully saturated rings. The van der Waals surface area contributed by atoms with Gasteiger partial charge in [-0.05, 0) is 6.42 Å². The normalized spacial score (nSPS) is 19.1. The molecular weight excluding hydrogens is 433 g/mol. The minimum absolute atomic E-state index is 0.128. The van der Waals surface area contributed by atoms with Crippen molar-refractivity contribution in [2.75, 3.05) is 12.0 Å². The van der Waals surface area contributed by atoms with Crippen LogP contribution in [0, 0.1) is 11.7 Å². The van der Waals surface area contributed by atoms with E-state index in [1.54, 1.807) is 23.7 Å². The lowest BCUT2D eigenvalue weighted by Crippen LogP contribution is -2.15. The Morgan fingerprint density at radius 1 is 1.42 bits per heavy atom. The second kappa shape index (κ2) is 7.23. The smallest absolute Gasteiger partial charge is 0.231 e. The Morgan fingerprint density at radius 2 is 2.19 bits per heavy atom. The number of nitrogens with zero attached hydrogens (tertiary/aromatic N) is 4. The number of amides is 1. The van der Waals surface area contributed by atoms with Gasteiger partial charge in [0.25, 0.3) is 0 Å². The number of alkyl halides is 2. The molecule has 11 heteroatoms. The fraction of sp³-hybridized carbons (Fsp3) is 0.300. The van der Waals surface area contributed by atoms with Crippen molar-refractivity contribution in [1.82, 2.24) is 24.6 Å². The first-order valence-electron chi connectivity index (χ1n) is 9.59. The number of rotatable bonds is 5. The summed E-state index contributed by atoms with van der Waals surface area (Å²) in [6.07, 6.45) is 5.16. The topological polar surface area (TPSA) is 88.0 Å². The van der Waals surface area contributed by atoms with E-state index >= 15 is 4.39 Å². The molecule has 3 heterocycles. The number of H-pyrrole nitrogens is 1. The molecule has 1 aromatic carbocycles. The maximum atomic E-state index is 15.1. The van der Waals surface area contributed by atoms with E-state index in [4.69, 9.17) is 11.6 Å². The number of carbonyl (C=O) groups excluding carboxylic acids is 1. The third-order valence-corrected chi connectivity index (χ3v) is 5.80. The van der Waals surface area contributed by atoms with Gasteiger partial charge in [-0.1, -0.05) is 18.5 Å². The second-order valence-electron chi connectivity index (χ2n) is 7.64. The van der Waals surface area contributed by atoms with Crippen LogP contribution >= 0.6 is 11.6 Å². The van der Waals surface area contributed by atoms with Crippen molar-refractivity contribution < 1.29 is 18.0 Å². The molecule has 0 radical (unpaired) electrons. The Kier molecular flexibility index (Phi) is 4.62. The van der Waals surface area contributed by atoms with Gasteiger partial charge in [0.2, 0.25) is 5.91 Å². The summed E-state index contributed by atoms with van der Waals surface area (Å²) in [6.45, 7) is 0.811. The summed E-state index contributed by atoms with van der Waals surface area (Å²) in [5.74, 6) is -2.25. The van der Waals surface area contributed by atoms with Crippen LogP contribution in [0.25, 0.3) is 27.8 Å². The Hall–Kier alpha value is -3.14. The number of hydrogen-bond acceptors (Lipinski definition) is 4. The molecule has 0 saturated heterocycles. The third-order valence-electron chi connectivity index (χ3n) is 5.45. The number of hydrogen-bond donors (Lipinski definition) is 2. The molecule has 0 bridgehead atoms. The van der Waals surface area contributed by atoms with E-state index in [9.17, 15) is 13.6 Å². The zero-order valence-corrected chi connectivity index (χ0v) is 16.9. The van der Waals surface area contributed by atoms with Crippen LogP contribution in [0.4, 0.5) is 19.0 Å². The van der Waals surface area contributed by atoms with Crippen molar-refractivity contribution >= 4 is 39.9 Å². The maximum Gasteiger partial charge on any atom is 0.231 e. The molecule has 2 N–H and O–H groups in total. The van der Waals surface area contributed by atoms with Gasteiger partial charge in [-0.15, -0.1) is 0 Å². The predicted octanol–water partition coefficient (Wildman–Crippen LogP) is 4.43. The molecule has 1 saturated carbocycles. The van der Waals surface area contributed by atoms with Gasteiger partial charge in [-0.3, -0.25) is 19.3 Å². The van der Waals surface area contributed by atoms with Gasteiger partial charge < -0.3 is 9.72 Å². The molecule has 1 unspecified atom stereocenters. The van der Waals surface area contributed by atoms with Crippen molar-refractivity contribution in [2.45, 2.75) is 25.4 Å². The summed E-state index contributed by atoms with van der Waals surface area (Å²) in [6, 6.07) is 0. The third kappa shape index (κ3) is 3.21. The summed E-state index contributed by atoms with van der Waals surface area (Å²) in [5.41, 5.74) is 1.55. The van der Waals surface area contributed by atoms with Crippen molar-refractivity contribution in [1.29, 1.82) is 0 Å². The second-order valence-corrected chi connectivity index (χ2v) is 8.02. The number of aromatic nitrogens is 5. The van der Waals surface area contributed by atoms with Gasteiger partial charge in [0.15, 0.2) is 11.5 Å². The first-order valence-corrected chi connectivity index (χ1v) is 9.96. The number of halogens is 4. The van der Waals surface area contributed by atoms with Crippen LogP contribution < -0.4 is 5.32 Å². The van der Waals surface area contributed by atoms with Crippen LogP contribution in [-0.4, -0.2) is 43.3 Å². The van der Waals surface area contributed by atoms with Gasteiger partial charge in [-0.2, -0.15) is 5.10 Å². The number of aromatic amines is 1. The average molecular weight is 449 g/mol. The van der Waals surface area contributed by atoms with E-state index in [1.165, 1.54) is 12.4 Å². The molecular formula is C20H16ClF3N6O. The zero-order valence-electron chi connectivity index (χ0n) is 16.2. The van der Waals surface area contributed by atoms with Crippen LogP contribution in [0.3, 0.4) is 0 Å². The molecule has 1 amide bonds. The molecule has 1 aliphatic carbocycles. The summed E-state index contributed by atoms with van der Waals surface area (Å²) >= 11 is 6.35. The number of fused-ring (bicyclic) bond motifs is 2. The van der Waals surface area contributed by atoms with Gasteiger partial charge in [0, 0.05) is 28.6 Å². The van der Waals surface area contributed by atoms with E-state index in [0.717, 1.165) is 0 Å². The lowest BCUT2D eigenvalue weighted by Gasteiger charge is -2.15. The predicted molar refractivity (Wildman–Crippen MR) is 109 cm³/mol. The van der Waals surface area contributed by atoms with Gasteiger partial charge in [0.05, 0.1) is 47.4 Å². The van der Waals surface area contributed by atoms with Crippen molar-refractivity contribution in [3.05, 3.63) is 41.2 Å². The minimum Gasteiger partial charge on any atom is -0.309 e. The Morgan fingerprint density at radius 3 is 2.90 bits per heavy atom. The number of carbonyl (C=O) groups is 1. The number of anilines is 1. The Balaban J connectivity index is 1.58. The number of imidazole rings is 1. The SMILES string of the molecule is CC(CF)c1c(F)c(Cl)c(-c2cn3cc(NC(=O)[C@@H]4C[C@@H]4F)nc3cn2)c2cn[nH]c12. The van der Waals surface area contributed by atoms with Crippen LogP contribution in [0.2, 0.25) is 5.02 Å². The highest BCUT2D eigenvalue weighted by atomic mass is 35.5. The van der Waals surface area contributed by atoms with Gasteiger partial charge in [0.1, 0.15) is 12.0 Å². The lowest BCUT2D eigenvalue weighted by atomic mass is 9.95. The molecule has 0 spiro atoms. The van der Waals surface area contributed by atoms with Gasteiger partial charge in [-0.25, -0.2) is 13.8 Å². The number of nitrogens with one attached hydrogen (secondary N) is 2. The summed E-state index contributed by atoms with van der Waals surface area (Å²) in [4.78, 5) is 20.5. The lowest BCUT2D eigenvalue weighted by molar-refractivity contribution is -0.117. The molecule has 4 aromatic rings. The van der Waals surface area contributed by atoms with Crippen molar-refractivity contribution in [3.63, 3.8) is 0 Å². The Labute approximate surface area is 178 Å². The monoisotopic (exact) mass is 448 g/mol. The highest BCUT2D eigenvalue weighted by molar-refractivity contribution is 6.35. The van der Waals surface area contributed by atoms with Crippen LogP contribution in [0.5, 0.6) is 0 Å². The maximum absolute atomic E-state index is 15.1. The standard InChI is InChI=1S/C20H16ClF3N6O/c1-8(3-22)15-18(24)17(21)16(10-4-26-29-19(10)15)12-6-30-7-13(27-14(30)5-25-12)28-20(31)9-2-11(9)23/h4-9,11H,2-3H2,1H3,(H,26,29)(H,28,31)/t8?,9-,11+/m1/s1. The molecule has 7 nitrogen and oxygen atoms in total. The van der Waals surface area contributed by atoms with E-state index in [1.807, 2.05) is 0 Å². The first kappa shape index (κ1) is 19.8. The molecule has 31 heavy (non-hydrogen) atoms. The highest BCUT2D eigenvalue weighted by Crippen LogP contribution is 2.41. The average Bonchev–Trinajstić information content (AvgIpc) is 3.12. The molecule has 3 aromatic heterocycles. The van der Waals surface area contributed by atoms with Crippen LogP contribution in [0.15, 0.2) is 24.8 Å². The van der Waals surface area contributed by atoms with Crippen molar-refractivity contribution in [3.8, 4) is 11.3 Å². The van der Waals surface area contributed by atoms with E-state index < -0.39 is 36.4 Å².